The van der Waals surface area contributed by atoms with Gasteiger partial charge in [0.15, 0.2) is 0 Å². The summed E-state index contributed by atoms with van der Waals surface area (Å²) in [6.45, 7) is 2.11. The van der Waals surface area contributed by atoms with Gasteiger partial charge in [0.1, 0.15) is 0 Å². The SMILES string of the molecule is CSC(C)CC(N)=S. The molecule has 0 aromatic carbocycles. The van der Waals surface area contributed by atoms with Crippen LogP contribution in [0.2, 0.25) is 0 Å². The van der Waals surface area contributed by atoms with E-state index in [1.165, 1.54) is 0 Å². The molecule has 1 nitrogen and oxygen atoms in total. The Labute approximate surface area is 60.0 Å². The fraction of sp³-hybridized carbons (Fsp3) is 0.800. The van der Waals surface area contributed by atoms with Gasteiger partial charge in [0.05, 0.1) is 4.99 Å². The number of hydrogen-bond acceptors (Lipinski definition) is 2. The van der Waals surface area contributed by atoms with Gasteiger partial charge in [-0.15, -0.1) is 0 Å². The lowest BCUT2D eigenvalue weighted by Gasteiger charge is -2.03. The maximum Gasteiger partial charge on any atom is 0.0738 e. The molecule has 48 valence electrons. The summed E-state index contributed by atoms with van der Waals surface area (Å²) in [5, 5.41) is 0.576. The third kappa shape index (κ3) is 4.40. The quantitative estimate of drug-likeness (QED) is 0.614. The van der Waals surface area contributed by atoms with Gasteiger partial charge >= 0.3 is 0 Å². The van der Waals surface area contributed by atoms with Gasteiger partial charge in [0, 0.05) is 11.7 Å². The van der Waals surface area contributed by atoms with Gasteiger partial charge in [-0.25, -0.2) is 0 Å². The number of hydrogen-bond donors (Lipinski definition) is 1. The van der Waals surface area contributed by atoms with Gasteiger partial charge < -0.3 is 5.73 Å². The predicted molar refractivity (Wildman–Crippen MR) is 44.4 cm³/mol. The molecular formula is C5H11NS2. The van der Waals surface area contributed by atoms with E-state index in [2.05, 4.69) is 13.2 Å². The summed E-state index contributed by atoms with van der Waals surface area (Å²) in [6, 6.07) is 0. The predicted octanol–water partition coefficient (Wildman–Crippen LogP) is 1.41. The highest BCUT2D eigenvalue weighted by atomic mass is 32.2. The molecule has 0 saturated carbocycles. The van der Waals surface area contributed by atoms with Crippen molar-refractivity contribution in [3.8, 4) is 0 Å². The van der Waals surface area contributed by atoms with E-state index < -0.39 is 0 Å². The number of rotatable bonds is 3. The number of nitrogens with two attached hydrogens (primary N) is 1. The van der Waals surface area contributed by atoms with E-state index in [9.17, 15) is 0 Å². The van der Waals surface area contributed by atoms with Crippen molar-refractivity contribution in [3.63, 3.8) is 0 Å². The molecule has 0 fully saturated rings. The van der Waals surface area contributed by atoms with E-state index in [0.717, 1.165) is 6.42 Å². The zero-order valence-electron chi connectivity index (χ0n) is 5.18. The van der Waals surface area contributed by atoms with Gasteiger partial charge in [-0.2, -0.15) is 11.8 Å². The molecule has 0 radical (unpaired) electrons. The third-order valence-corrected chi connectivity index (χ3v) is 2.03. The molecule has 3 heteroatoms. The summed E-state index contributed by atoms with van der Waals surface area (Å²) in [6.07, 6.45) is 2.92. The van der Waals surface area contributed by atoms with Crippen molar-refractivity contribution in [1.29, 1.82) is 0 Å². The fourth-order valence-corrected chi connectivity index (χ4v) is 1.07. The first-order chi connectivity index (χ1) is 3.66. The zero-order chi connectivity index (χ0) is 6.57. The van der Waals surface area contributed by atoms with Crippen molar-refractivity contribution < 1.29 is 0 Å². The molecule has 0 aliphatic heterocycles. The molecule has 8 heavy (non-hydrogen) atoms. The summed E-state index contributed by atoms with van der Waals surface area (Å²) in [5.74, 6) is 0. The molecule has 1 atom stereocenters. The summed E-state index contributed by atoms with van der Waals surface area (Å²) >= 11 is 6.49. The van der Waals surface area contributed by atoms with Crippen molar-refractivity contribution in [2.75, 3.05) is 6.26 Å². The largest absolute Gasteiger partial charge is 0.393 e. The number of thioether (sulfide) groups is 1. The molecule has 0 aliphatic carbocycles. The molecule has 1 unspecified atom stereocenters. The van der Waals surface area contributed by atoms with Gasteiger partial charge in [-0.05, 0) is 6.26 Å². The molecular weight excluding hydrogens is 138 g/mol. The maximum atomic E-state index is 5.29. The van der Waals surface area contributed by atoms with Crippen molar-refractivity contribution in [3.05, 3.63) is 0 Å². The van der Waals surface area contributed by atoms with Crippen molar-refractivity contribution >= 4 is 29.0 Å². The molecule has 0 heterocycles. The first-order valence-electron chi connectivity index (χ1n) is 2.48. The molecule has 0 aromatic heterocycles. The topological polar surface area (TPSA) is 26.0 Å². The van der Waals surface area contributed by atoms with Crippen molar-refractivity contribution in [1.82, 2.24) is 0 Å². The highest BCUT2D eigenvalue weighted by molar-refractivity contribution is 7.99. The second kappa shape index (κ2) is 4.15. The standard InChI is InChI=1S/C5H11NS2/c1-4(8-2)3-5(6)7/h4H,3H2,1-2H3,(H2,6,7). The van der Waals surface area contributed by atoms with Crippen molar-refractivity contribution in [2.24, 2.45) is 5.73 Å². The van der Waals surface area contributed by atoms with Crippen LogP contribution in [0, 0.1) is 0 Å². The Kier molecular flexibility index (Phi) is 4.28. The molecule has 0 aliphatic rings. The van der Waals surface area contributed by atoms with Gasteiger partial charge in [0.25, 0.3) is 0 Å². The lowest BCUT2D eigenvalue weighted by Crippen LogP contribution is -2.13. The van der Waals surface area contributed by atoms with Gasteiger partial charge in [0.2, 0.25) is 0 Å². The molecule has 0 amide bonds. The smallest absolute Gasteiger partial charge is 0.0738 e. The molecule has 0 saturated heterocycles. The molecule has 0 spiro atoms. The summed E-state index contributed by atoms with van der Waals surface area (Å²) in [7, 11) is 0. The van der Waals surface area contributed by atoms with Crippen LogP contribution < -0.4 is 5.73 Å². The maximum absolute atomic E-state index is 5.29. The van der Waals surface area contributed by atoms with Crippen molar-refractivity contribution in [2.45, 2.75) is 18.6 Å². The Balaban J connectivity index is 3.24. The van der Waals surface area contributed by atoms with Crippen LogP contribution in [0.4, 0.5) is 0 Å². The Hall–Kier alpha value is 0.240. The van der Waals surface area contributed by atoms with Crippen LogP contribution in [0.5, 0.6) is 0 Å². The Morgan fingerprint density at radius 1 is 1.88 bits per heavy atom. The Bertz CT molecular complexity index is 82.5. The second-order valence-corrected chi connectivity index (χ2v) is 3.52. The monoisotopic (exact) mass is 149 g/mol. The van der Waals surface area contributed by atoms with Crippen LogP contribution >= 0.6 is 24.0 Å². The van der Waals surface area contributed by atoms with Crippen LogP contribution in [0.15, 0.2) is 0 Å². The minimum atomic E-state index is 0.576. The molecule has 2 N–H and O–H groups in total. The Morgan fingerprint density at radius 3 is 2.50 bits per heavy atom. The second-order valence-electron chi connectivity index (χ2n) is 1.72. The first-order valence-corrected chi connectivity index (χ1v) is 4.17. The van der Waals surface area contributed by atoms with E-state index in [1.807, 2.05) is 0 Å². The van der Waals surface area contributed by atoms with Crippen LogP contribution in [-0.4, -0.2) is 16.5 Å². The molecule has 0 aromatic rings. The van der Waals surface area contributed by atoms with Gasteiger partial charge in [-0.1, -0.05) is 19.1 Å². The average molecular weight is 149 g/mol. The molecule has 0 rings (SSSR count). The van der Waals surface area contributed by atoms with Crippen LogP contribution in [0.25, 0.3) is 0 Å². The van der Waals surface area contributed by atoms with E-state index in [-0.39, 0.29) is 0 Å². The average Bonchev–Trinajstić information content (AvgIpc) is 1.65. The van der Waals surface area contributed by atoms with E-state index in [4.69, 9.17) is 18.0 Å². The van der Waals surface area contributed by atoms with E-state index in [0.29, 0.717) is 10.2 Å². The summed E-state index contributed by atoms with van der Waals surface area (Å²) in [4.78, 5) is 0.617. The normalized spacial score (nSPS) is 13.2. The van der Waals surface area contributed by atoms with E-state index >= 15 is 0 Å². The molecule has 0 bridgehead atoms. The third-order valence-electron chi connectivity index (χ3n) is 0.891. The highest BCUT2D eigenvalue weighted by Crippen LogP contribution is 2.08. The lowest BCUT2D eigenvalue weighted by atomic mass is 10.3. The van der Waals surface area contributed by atoms with E-state index in [1.54, 1.807) is 11.8 Å². The number of thiocarbonyl (C=S) groups is 1. The fourth-order valence-electron chi connectivity index (χ4n) is 0.367. The summed E-state index contributed by atoms with van der Waals surface area (Å²) in [5.41, 5.74) is 5.29. The van der Waals surface area contributed by atoms with Gasteiger partial charge in [-0.3, -0.25) is 0 Å². The lowest BCUT2D eigenvalue weighted by molar-refractivity contribution is 1.02. The van der Waals surface area contributed by atoms with Crippen LogP contribution in [-0.2, 0) is 0 Å². The zero-order valence-corrected chi connectivity index (χ0v) is 6.81. The Morgan fingerprint density at radius 2 is 2.38 bits per heavy atom. The highest BCUT2D eigenvalue weighted by Gasteiger charge is 1.98. The van der Waals surface area contributed by atoms with Crippen LogP contribution in [0.1, 0.15) is 13.3 Å². The first kappa shape index (κ1) is 8.24. The van der Waals surface area contributed by atoms with Crippen LogP contribution in [0.3, 0.4) is 0 Å². The minimum absolute atomic E-state index is 0.576. The minimum Gasteiger partial charge on any atom is -0.393 e. The summed E-state index contributed by atoms with van der Waals surface area (Å²) < 4.78 is 0.